The number of amides is 1. The fourth-order valence-electron chi connectivity index (χ4n) is 3.20. The Kier molecular flexibility index (Phi) is 4.39. The van der Waals surface area contributed by atoms with Crippen LogP contribution in [0, 0.1) is 19.8 Å². The number of piperidine rings is 1. The van der Waals surface area contributed by atoms with Crippen LogP contribution in [0.25, 0.3) is 0 Å². The first-order valence-electron chi connectivity index (χ1n) is 8.04. The second-order valence-electron chi connectivity index (χ2n) is 6.43. The number of hydrogen-bond acceptors (Lipinski definition) is 2. The minimum absolute atomic E-state index is 0.206. The van der Waals surface area contributed by atoms with E-state index in [0.717, 1.165) is 49.7 Å². The van der Waals surface area contributed by atoms with Crippen LogP contribution in [0.2, 0.25) is 0 Å². The van der Waals surface area contributed by atoms with Crippen molar-refractivity contribution in [2.45, 2.75) is 40.2 Å². The summed E-state index contributed by atoms with van der Waals surface area (Å²) in [6.07, 6.45) is 2.25. The molecule has 1 aliphatic rings. The molecule has 0 N–H and O–H groups in total. The van der Waals surface area contributed by atoms with E-state index >= 15 is 0 Å². The molecular weight excluding hydrogens is 292 g/mol. The molecule has 1 saturated heterocycles. The second kappa shape index (κ2) is 6.29. The average Bonchev–Trinajstić information content (AvgIpc) is 3.11. The Morgan fingerprint density at radius 3 is 2.68 bits per heavy atom. The summed E-state index contributed by atoms with van der Waals surface area (Å²) in [6.45, 7) is 9.09. The molecule has 1 amide bonds. The predicted molar refractivity (Wildman–Crippen MR) is 91.6 cm³/mol. The quantitative estimate of drug-likeness (QED) is 0.837. The Hall–Kier alpha value is -1.55. The zero-order valence-electron chi connectivity index (χ0n) is 13.6. The molecule has 0 bridgehead atoms. The fraction of sp³-hybridized carbons (Fsp3) is 0.500. The molecule has 1 fully saturated rings. The molecule has 0 spiro atoms. The van der Waals surface area contributed by atoms with Crippen molar-refractivity contribution < 1.29 is 4.79 Å². The van der Waals surface area contributed by atoms with E-state index < -0.39 is 0 Å². The van der Waals surface area contributed by atoms with Crippen LogP contribution in [0.5, 0.6) is 0 Å². The lowest BCUT2D eigenvalue weighted by molar-refractivity contribution is 0.0696. The van der Waals surface area contributed by atoms with Gasteiger partial charge in [-0.2, -0.15) is 0 Å². The van der Waals surface area contributed by atoms with Crippen LogP contribution in [0.4, 0.5) is 0 Å². The van der Waals surface area contributed by atoms with Gasteiger partial charge in [-0.25, -0.2) is 0 Å². The molecule has 1 aliphatic heterocycles. The maximum absolute atomic E-state index is 12.8. The molecule has 0 aliphatic carbocycles. The van der Waals surface area contributed by atoms with Gasteiger partial charge < -0.3 is 9.47 Å². The lowest BCUT2D eigenvalue weighted by Crippen LogP contribution is -2.38. The van der Waals surface area contributed by atoms with E-state index in [0.29, 0.717) is 0 Å². The van der Waals surface area contributed by atoms with Crippen molar-refractivity contribution >= 4 is 17.2 Å². The normalized spacial score (nSPS) is 16.2. The first-order valence-corrected chi connectivity index (χ1v) is 8.92. The molecule has 2 aromatic heterocycles. The molecule has 3 rings (SSSR count). The van der Waals surface area contributed by atoms with Crippen LogP contribution in [-0.2, 0) is 6.54 Å². The molecule has 0 radical (unpaired) electrons. The Balaban J connectivity index is 1.81. The molecule has 0 atom stereocenters. The smallest absolute Gasteiger partial charge is 0.255 e. The largest absolute Gasteiger partial charge is 0.343 e. The molecule has 3 heterocycles. The number of aromatic nitrogens is 1. The standard InChI is InChI=1S/C18H24N2OS/c1-13-6-8-19(9-7-13)18(21)17-11-14(2)20(15(17)3)12-16-5-4-10-22-16/h4-5,10-11,13H,6-9,12H2,1-3H3. The third-order valence-corrected chi connectivity index (χ3v) is 5.63. The minimum atomic E-state index is 0.206. The lowest BCUT2D eigenvalue weighted by atomic mass is 9.98. The first-order chi connectivity index (χ1) is 10.6. The van der Waals surface area contributed by atoms with Gasteiger partial charge in [-0.15, -0.1) is 11.3 Å². The van der Waals surface area contributed by atoms with E-state index in [4.69, 9.17) is 0 Å². The van der Waals surface area contributed by atoms with E-state index in [1.165, 1.54) is 10.6 Å². The SMILES string of the molecule is Cc1cc(C(=O)N2CCC(C)CC2)c(C)n1Cc1cccs1. The summed E-state index contributed by atoms with van der Waals surface area (Å²) in [7, 11) is 0. The molecule has 0 saturated carbocycles. The number of likely N-dealkylation sites (tertiary alicyclic amines) is 1. The summed E-state index contributed by atoms with van der Waals surface area (Å²) in [4.78, 5) is 16.2. The predicted octanol–water partition coefficient (Wildman–Crippen LogP) is 4.09. The Labute approximate surface area is 136 Å². The highest BCUT2D eigenvalue weighted by Crippen LogP contribution is 2.23. The monoisotopic (exact) mass is 316 g/mol. The molecule has 2 aromatic rings. The van der Waals surface area contributed by atoms with Gasteiger partial charge in [0.05, 0.1) is 12.1 Å². The number of rotatable bonds is 3. The molecular formula is C18H24N2OS. The third kappa shape index (κ3) is 2.98. The molecule has 22 heavy (non-hydrogen) atoms. The van der Waals surface area contributed by atoms with Crippen molar-refractivity contribution in [3.05, 3.63) is 45.4 Å². The topological polar surface area (TPSA) is 25.2 Å². The van der Waals surface area contributed by atoms with E-state index in [2.05, 4.69) is 48.9 Å². The number of nitrogens with zero attached hydrogens (tertiary/aromatic N) is 2. The van der Waals surface area contributed by atoms with E-state index in [-0.39, 0.29) is 5.91 Å². The number of aryl methyl sites for hydroxylation is 1. The van der Waals surface area contributed by atoms with Gasteiger partial charge >= 0.3 is 0 Å². The van der Waals surface area contributed by atoms with Gasteiger partial charge in [0.15, 0.2) is 0 Å². The highest BCUT2D eigenvalue weighted by atomic mass is 32.1. The number of carbonyl (C=O) groups is 1. The summed E-state index contributed by atoms with van der Waals surface area (Å²) in [6, 6.07) is 6.29. The van der Waals surface area contributed by atoms with Gasteiger partial charge in [0.25, 0.3) is 5.91 Å². The molecule has 0 unspecified atom stereocenters. The molecule has 0 aromatic carbocycles. The summed E-state index contributed by atoms with van der Waals surface area (Å²) < 4.78 is 2.26. The first kappa shape index (κ1) is 15.3. The average molecular weight is 316 g/mol. The van der Waals surface area contributed by atoms with Crippen LogP contribution in [0.15, 0.2) is 23.6 Å². The van der Waals surface area contributed by atoms with Gasteiger partial charge in [0, 0.05) is 29.4 Å². The summed E-state index contributed by atoms with van der Waals surface area (Å²) in [5, 5.41) is 2.10. The molecule has 3 nitrogen and oxygen atoms in total. The van der Waals surface area contributed by atoms with Crippen molar-refractivity contribution in [2.75, 3.05) is 13.1 Å². The summed E-state index contributed by atoms with van der Waals surface area (Å²) in [5.41, 5.74) is 3.14. The van der Waals surface area contributed by atoms with Gasteiger partial charge in [-0.05, 0) is 50.1 Å². The third-order valence-electron chi connectivity index (χ3n) is 4.77. The Morgan fingerprint density at radius 1 is 1.32 bits per heavy atom. The van der Waals surface area contributed by atoms with Crippen molar-refractivity contribution in [3.8, 4) is 0 Å². The molecule has 4 heteroatoms. The Morgan fingerprint density at radius 2 is 2.05 bits per heavy atom. The zero-order chi connectivity index (χ0) is 15.7. The fourth-order valence-corrected chi connectivity index (χ4v) is 3.89. The van der Waals surface area contributed by atoms with Crippen LogP contribution in [0.3, 0.4) is 0 Å². The van der Waals surface area contributed by atoms with Gasteiger partial charge in [0.2, 0.25) is 0 Å². The van der Waals surface area contributed by atoms with E-state index in [1.807, 2.05) is 4.90 Å². The maximum atomic E-state index is 12.8. The number of carbonyl (C=O) groups excluding carboxylic acids is 1. The maximum Gasteiger partial charge on any atom is 0.255 e. The lowest BCUT2D eigenvalue weighted by Gasteiger charge is -2.30. The van der Waals surface area contributed by atoms with Crippen LogP contribution in [-0.4, -0.2) is 28.5 Å². The van der Waals surface area contributed by atoms with Crippen LogP contribution < -0.4 is 0 Å². The van der Waals surface area contributed by atoms with Crippen molar-refractivity contribution in [2.24, 2.45) is 5.92 Å². The van der Waals surface area contributed by atoms with E-state index in [1.54, 1.807) is 11.3 Å². The van der Waals surface area contributed by atoms with Crippen molar-refractivity contribution in [3.63, 3.8) is 0 Å². The van der Waals surface area contributed by atoms with Gasteiger partial charge in [-0.1, -0.05) is 13.0 Å². The number of hydrogen-bond donors (Lipinski definition) is 0. The second-order valence-corrected chi connectivity index (χ2v) is 7.46. The van der Waals surface area contributed by atoms with Crippen LogP contribution in [0.1, 0.15) is 46.4 Å². The summed E-state index contributed by atoms with van der Waals surface area (Å²) in [5.74, 6) is 0.952. The van der Waals surface area contributed by atoms with Gasteiger partial charge in [0.1, 0.15) is 0 Å². The Bertz CT molecular complexity index is 649. The van der Waals surface area contributed by atoms with Gasteiger partial charge in [-0.3, -0.25) is 4.79 Å². The highest BCUT2D eigenvalue weighted by Gasteiger charge is 2.24. The van der Waals surface area contributed by atoms with E-state index in [9.17, 15) is 4.79 Å². The molecule has 118 valence electrons. The van der Waals surface area contributed by atoms with Crippen molar-refractivity contribution in [1.29, 1.82) is 0 Å². The minimum Gasteiger partial charge on any atom is -0.343 e. The highest BCUT2D eigenvalue weighted by molar-refractivity contribution is 7.09. The number of thiophene rings is 1. The van der Waals surface area contributed by atoms with Crippen molar-refractivity contribution in [1.82, 2.24) is 9.47 Å². The summed E-state index contributed by atoms with van der Waals surface area (Å²) >= 11 is 1.76. The zero-order valence-corrected chi connectivity index (χ0v) is 14.4. The van der Waals surface area contributed by atoms with Crippen LogP contribution >= 0.6 is 11.3 Å².